The number of nitrogens with zero attached hydrogens (tertiary/aromatic N) is 1. The van der Waals surface area contributed by atoms with E-state index in [-0.39, 0.29) is 35.5 Å². The fourth-order valence-corrected chi connectivity index (χ4v) is 2.90. The van der Waals surface area contributed by atoms with Gasteiger partial charge in [-0.25, -0.2) is 4.98 Å². The third-order valence-electron chi connectivity index (χ3n) is 4.29. The van der Waals surface area contributed by atoms with E-state index >= 15 is 0 Å². The highest BCUT2D eigenvalue weighted by molar-refractivity contribution is 5.90. The maximum Gasteiger partial charge on any atom is 0.227 e. The van der Waals surface area contributed by atoms with Crippen LogP contribution in [0.1, 0.15) is 34.1 Å². The van der Waals surface area contributed by atoms with Crippen molar-refractivity contribution in [2.24, 2.45) is 17.3 Å². The van der Waals surface area contributed by atoms with Crippen LogP contribution in [0.2, 0.25) is 0 Å². The number of hydrogen-bond acceptors (Lipinski definition) is 3. The van der Waals surface area contributed by atoms with Crippen LogP contribution in [-0.4, -0.2) is 23.3 Å². The molecule has 5 heteroatoms. The summed E-state index contributed by atoms with van der Waals surface area (Å²) >= 11 is 0. The minimum absolute atomic E-state index is 0.00241. The highest BCUT2D eigenvalue weighted by Gasteiger charge is 2.60. The average molecular weight is 315 g/mol. The molecule has 1 fully saturated rings. The first-order valence-electron chi connectivity index (χ1n) is 7.96. The highest BCUT2D eigenvalue weighted by atomic mass is 16.2. The molecule has 0 unspecified atom stereocenters. The highest BCUT2D eigenvalue weighted by Crippen LogP contribution is 2.59. The fraction of sp³-hybridized carbons (Fsp3) is 0.500. The van der Waals surface area contributed by atoms with Crippen LogP contribution in [0.15, 0.2) is 36.0 Å². The third-order valence-corrected chi connectivity index (χ3v) is 4.29. The van der Waals surface area contributed by atoms with E-state index in [2.05, 4.69) is 35.5 Å². The molecule has 0 radical (unpaired) electrons. The Balaban J connectivity index is 1.75. The van der Waals surface area contributed by atoms with Gasteiger partial charge >= 0.3 is 0 Å². The molecule has 0 saturated heterocycles. The van der Waals surface area contributed by atoms with E-state index in [0.29, 0.717) is 12.4 Å². The average Bonchev–Trinajstić information content (AvgIpc) is 3.00. The standard InChI is InChI=1S/C18H25N3O2/c1-12(2)11-13-16(18(13,3)4)17(23)20-10-8-15(22)21-14-7-5-6-9-19-14/h5-7,9,11,13,16H,8,10H2,1-4H3,(H,20,23)(H,19,21,22)/t13-,16+/m0/s1. The van der Waals surface area contributed by atoms with Crippen LogP contribution in [0.5, 0.6) is 0 Å². The molecule has 2 amide bonds. The van der Waals surface area contributed by atoms with Crippen molar-refractivity contribution < 1.29 is 9.59 Å². The van der Waals surface area contributed by atoms with Crippen molar-refractivity contribution in [2.75, 3.05) is 11.9 Å². The van der Waals surface area contributed by atoms with E-state index in [1.165, 1.54) is 5.57 Å². The second-order valence-electron chi connectivity index (χ2n) is 6.87. The quantitative estimate of drug-likeness (QED) is 0.793. The summed E-state index contributed by atoms with van der Waals surface area (Å²) in [5, 5.41) is 5.57. The minimum atomic E-state index is -0.153. The molecule has 1 saturated carbocycles. The van der Waals surface area contributed by atoms with Crippen molar-refractivity contribution in [3.63, 3.8) is 0 Å². The molecular weight excluding hydrogens is 290 g/mol. The third kappa shape index (κ3) is 4.41. The molecule has 5 nitrogen and oxygen atoms in total. The smallest absolute Gasteiger partial charge is 0.227 e. The maximum atomic E-state index is 12.3. The zero-order valence-corrected chi connectivity index (χ0v) is 14.2. The van der Waals surface area contributed by atoms with Crippen molar-refractivity contribution in [3.05, 3.63) is 36.0 Å². The molecule has 124 valence electrons. The van der Waals surface area contributed by atoms with Gasteiger partial charge in [0.2, 0.25) is 11.8 Å². The molecule has 1 aliphatic carbocycles. The Kier molecular flexibility index (Phi) is 5.19. The van der Waals surface area contributed by atoms with Gasteiger partial charge in [0, 0.05) is 19.2 Å². The molecule has 0 aliphatic heterocycles. The number of hydrogen-bond donors (Lipinski definition) is 2. The van der Waals surface area contributed by atoms with E-state index in [0.717, 1.165) is 0 Å². The normalized spacial score (nSPS) is 21.2. The van der Waals surface area contributed by atoms with Gasteiger partial charge in [0.25, 0.3) is 0 Å². The first kappa shape index (κ1) is 17.2. The summed E-state index contributed by atoms with van der Waals surface area (Å²) in [5.74, 6) is 0.685. The van der Waals surface area contributed by atoms with Gasteiger partial charge in [-0.2, -0.15) is 0 Å². The molecule has 0 bridgehead atoms. The molecule has 1 heterocycles. The van der Waals surface area contributed by atoms with Crippen molar-refractivity contribution in [3.8, 4) is 0 Å². The first-order valence-corrected chi connectivity index (χ1v) is 7.96. The SMILES string of the molecule is CC(C)=C[C@H]1[C@H](C(=O)NCCC(=O)Nc2ccccn2)C1(C)C. The number of aromatic nitrogens is 1. The Morgan fingerprint density at radius 1 is 1.30 bits per heavy atom. The lowest BCUT2D eigenvalue weighted by Gasteiger charge is -2.07. The minimum Gasteiger partial charge on any atom is -0.355 e. The van der Waals surface area contributed by atoms with Crippen LogP contribution in [-0.2, 0) is 9.59 Å². The van der Waals surface area contributed by atoms with Gasteiger partial charge in [0.15, 0.2) is 0 Å². The lowest BCUT2D eigenvalue weighted by Crippen LogP contribution is -2.30. The molecule has 2 atom stereocenters. The number of anilines is 1. The van der Waals surface area contributed by atoms with Crippen LogP contribution >= 0.6 is 0 Å². The van der Waals surface area contributed by atoms with Gasteiger partial charge in [-0.15, -0.1) is 0 Å². The van der Waals surface area contributed by atoms with Gasteiger partial charge in [-0.05, 0) is 37.3 Å². The predicted molar refractivity (Wildman–Crippen MR) is 90.7 cm³/mol. The number of carbonyl (C=O) groups is 2. The molecule has 1 aliphatic rings. The summed E-state index contributed by atoms with van der Waals surface area (Å²) in [6.07, 6.45) is 4.02. The number of allylic oxidation sites excluding steroid dienone is 2. The summed E-state index contributed by atoms with van der Waals surface area (Å²) in [7, 11) is 0. The number of rotatable bonds is 6. The van der Waals surface area contributed by atoms with Crippen molar-refractivity contribution in [1.82, 2.24) is 10.3 Å². The number of carbonyl (C=O) groups excluding carboxylic acids is 2. The van der Waals surface area contributed by atoms with E-state index in [1.54, 1.807) is 18.3 Å². The van der Waals surface area contributed by atoms with Gasteiger partial charge < -0.3 is 10.6 Å². The van der Waals surface area contributed by atoms with Crippen LogP contribution in [0.4, 0.5) is 5.82 Å². The van der Waals surface area contributed by atoms with E-state index in [1.807, 2.05) is 19.9 Å². The fourth-order valence-electron chi connectivity index (χ4n) is 2.90. The van der Waals surface area contributed by atoms with Crippen LogP contribution in [0.3, 0.4) is 0 Å². The van der Waals surface area contributed by atoms with E-state index in [4.69, 9.17) is 0 Å². The van der Waals surface area contributed by atoms with Gasteiger partial charge in [0.05, 0.1) is 5.92 Å². The van der Waals surface area contributed by atoms with E-state index in [9.17, 15) is 9.59 Å². The molecule has 2 N–H and O–H groups in total. The van der Waals surface area contributed by atoms with Crippen LogP contribution in [0.25, 0.3) is 0 Å². The first-order chi connectivity index (χ1) is 10.8. The summed E-state index contributed by atoms with van der Waals surface area (Å²) in [6.45, 7) is 8.65. The Morgan fingerprint density at radius 3 is 2.65 bits per heavy atom. The zero-order chi connectivity index (χ0) is 17.0. The lowest BCUT2D eigenvalue weighted by atomic mass is 10.1. The number of nitrogens with one attached hydrogen (secondary N) is 2. The number of pyridine rings is 1. The second-order valence-corrected chi connectivity index (χ2v) is 6.87. The van der Waals surface area contributed by atoms with Gasteiger partial charge in [0.1, 0.15) is 5.82 Å². The Bertz CT molecular complexity index is 604. The molecule has 0 aromatic carbocycles. The molecule has 1 aromatic heterocycles. The van der Waals surface area contributed by atoms with Crippen molar-refractivity contribution >= 4 is 17.6 Å². The zero-order valence-electron chi connectivity index (χ0n) is 14.2. The van der Waals surface area contributed by atoms with Crippen molar-refractivity contribution in [2.45, 2.75) is 34.1 Å². The Hall–Kier alpha value is -2.17. The lowest BCUT2D eigenvalue weighted by molar-refractivity contribution is -0.123. The second kappa shape index (κ2) is 6.94. The van der Waals surface area contributed by atoms with E-state index < -0.39 is 0 Å². The van der Waals surface area contributed by atoms with Crippen LogP contribution < -0.4 is 10.6 Å². The molecular formula is C18H25N3O2. The monoisotopic (exact) mass is 315 g/mol. The Labute approximate surface area is 137 Å². The molecule has 0 spiro atoms. The largest absolute Gasteiger partial charge is 0.355 e. The summed E-state index contributed by atoms with van der Waals surface area (Å²) in [4.78, 5) is 28.1. The molecule has 2 rings (SSSR count). The predicted octanol–water partition coefficient (Wildman–Crippen LogP) is 2.76. The summed E-state index contributed by atoms with van der Waals surface area (Å²) in [5.41, 5.74) is 1.23. The maximum absolute atomic E-state index is 12.3. The number of amides is 2. The molecule has 1 aromatic rings. The van der Waals surface area contributed by atoms with Crippen molar-refractivity contribution in [1.29, 1.82) is 0 Å². The van der Waals surface area contributed by atoms with Gasteiger partial charge in [-0.3, -0.25) is 9.59 Å². The van der Waals surface area contributed by atoms with Gasteiger partial charge in [-0.1, -0.05) is 31.6 Å². The summed E-state index contributed by atoms with van der Waals surface area (Å²) in [6, 6.07) is 5.33. The summed E-state index contributed by atoms with van der Waals surface area (Å²) < 4.78 is 0. The van der Waals surface area contributed by atoms with Crippen LogP contribution in [0, 0.1) is 17.3 Å². The molecule has 23 heavy (non-hydrogen) atoms. The Morgan fingerprint density at radius 2 is 2.04 bits per heavy atom. The topological polar surface area (TPSA) is 71.1 Å².